The van der Waals surface area contributed by atoms with Crippen LogP contribution in [0.25, 0.3) is 0 Å². The lowest BCUT2D eigenvalue weighted by molar-refractivity contribution is -0.137. The lowest BCUT2D eigenvalue weighted by atomic mass is 9.98. The van der Waals surface area contributed by atoms with Gasteiger partial charge in [-0.2, -0.15) is 0 Å². The van der Waals surface area contributed by atoms with E-state index in [0.29, 0.717) is 35.8 Å². The first-order chi connectivity index (χ1) is 17.0. The number of hydrogen-bond acceptors (Lipinski definition) is 7. The molecule has 7 nitrogen and oxygen atoms in total. The molecule has 3 rings (SSSR count). The zero-order chi connectivity index (χ0) is 24.9. The number of esters is 3. The molecule has 0 aliphatic heterocycles. The van der Waals surface area contributed by atoms with E-state index in [9.17, 15) is 14.4 Å². The minimum Gasteiger partial charge on any atom is -0.494 e. The molecular formula is C28H32O7. The fraction of sp³-hybridized carbons (Fsp3) is 0.393. The van der Waals surface area contributed by atoms with Crippen LogP contribution < -0.4 is 9.47 Å². The molecule has 0 bridgehead atoms. The fourth-order valence-corrected chi connectivity index (χ4v) is 3.72. The Labute approximate surface area is 206 Å². The Kier molecular flexibility index (Phi) is 10.4. The molecule has 1 aliphatic carbocycles. The van der Waals surface area contributed by atoms with Gasteiger partial charge in [0.15, 0.2) is 0 Å². The molecule has 0 spiro atoms. The minimum absolute atomic E-state index is 0.00496. The van der Waals surface area contributed by atoms with Crippen LogP contribution in [0.2, 0.25) is 0 Å². The first kappa shape index (κ1) is 26.0. The number of rotatable bonds is 12. The third-order valence-electron chi connectivity index (χ3n) is 5.68. The zero-order valence-electron chi connectivity index (χ0n) is 19.9. The highest BCUT2D eigenvalue weighted by Crippen LogP contribution is 2.22. The zero-order valence-corrected chi connectivity index (χ0v) is 19.9. The van der Waals surface area contributed by atoms with Crippen LogP contribution in [0.3, 0.4) is 0 Å². The van der Waals surface area contributed by atoms with Gasteiger partial charge in [-0.25, -0.2) is 14.4 Å². The molecule has 0 heterocycles. The van der Waals surface area contributed by atoms with Crippen molar-refractivity contribution in [3.8, 4) is 11.5 Å². The summed E-state index contributed by atoms with van der Waals surface area (Å²) in [6.07, 6.45) is 8.81. The van der Waals surface area contributed by atoms with Crippen LogP contribution in [0.15, 0.2) is 61.2 Å². The van der Waals surface area contributed by atoms with E-state index in [2.05, 4.69) is 6.58 Å². The minimum atomic E-state index is -0.497. The molecule has 2 aromatic rings. The van der Waals surface area contributed by atoms with E-state index in [4.69, 9.17) is 18.9 Å². The fourth-order valence-electron chi connectivity index (χ4n) is 3.72. The van der Waals surface area contributed by atoms with E-state index in [1.807, 2.05) is 0 Å². The molecule has 0 unspecified atom stereocenters. The van der Waals surface area contributed by atoms with E-state index in [1.165, 1.54) is 6.42 Å². The highest BCUT2D eigenvalue weighted by molar-refractivity contribution is 5.92. The lowest BCUT2D eigenvalue weighted by Gasteiger charge is -2.21. The second-order valence-electron chi connectivity index (χ2n) is 8.38. The smallest absolute Gasteiger partial charge is 0.343 e. The summed E-state index contributed by atoms with van der Waals surface area (Å²) < 4.78 is 21.6. The maximum atomic E-state index is 12.4. The van der Waals surface area contributed by atoms with Gasteiger partial charge in [0.1, 0.15) is 17.6 Å². The van der Waals surface area contributed by atoms with Crippen molar-refractivity contribution < 1.29 is 33.3 Å². The Balaban J connectivity index is 1.38. The summed E-state index contributed by atoms with van der Waals surface area (Å²) in [6, 6.07) is 13.1. The van der Waals surface area contributed by atoms with Gasteiger partial charge >= 0.3 is 17.9 Å². The van der Waals surface area contributed by atoms with Crippen LogP contribution in [-0.4, -0.2) is 37.2 Å². The number of benzene rings is 2. The standard InChI is InChI=1S/C28H32O7/c1-2-26(29)33-20-8-4-7-19-32-23-15-11-21(12-16-23)28(31)35-25-17-13-22(14-18-25)27(30)34-24-9-5-3-6-10-24/h2,11-18,24H,1,3-10,19-20H2. The van der Waals surface area contributed by atoms with Gasteiger partial charge in [0.25, 0.3) is 0 Å². The van der Waals surface area contributed by atoms with Gasteiger partial charge in [-0.05, 0) is 93.5 Å². The molecule has 0 saturated heterocycles. The lowest BCUT2D eigenvalue weighted by Crippen LogP contribution is -2.20. The van der Waals surface area contributed by atoms with Gasteiger partial charge in [-0.3, -0.25) is 0 Å². The van der Waals surface area contributed by atoms with Crippen LogP contribution in [0.4, 0.5) is 0 Å². The maximum Gasteiger partial charge on any atom is 0.343 e. The third kappa shape index (κ3) is 8.92. The molecule has 0 atom stereocenters. The van der Waals surface area contributed by atoms with Crippen LogP contribution in [0.5, 0.6) is 11.5 Å². The highest BCUT2D eigenvalue weighted by atomic mass is 16.5. The van der Waals surface area contributed by atoms with E-state index < -0.39 is 11.9 Å². The molecule has 35 heavy (non-hydrogen) atoms. The van der Waals surface area contributed by atoms with Crippen molar-refractivity contribution in [2.45, 2.75) is 57.5 Å². The Morgan fingerprint density at radius 1 is 0.771 bits per heavy atom. The number of hydrogen-bond donors (Lipinski definition) is 0. The summed E-state index contributed by atoms with van der Waals surface area (Å²) in [5.41, 5.74) is 0.830. The molecule has 1 aliphatic rings. The maximum absolute atomic E-state index is 12.4. The van der Waals surface area contributed by atoms with Crippen molar-refractivity contribution >= 4 is 17.9 Å². The summed E-state index contributed by atoms with van der Waals surface area (Å²) in [6.45, 7) is 4.24. The van der Waals surface area contributed by atoms with Crippen molar-refractivity contribution in [3.05, 3.63) is 72.3 Å². The van der Waals surface area contributed by atoms with Gasteiger partial charge < -0.3 is 18.9 Å². The molecule has 0 amide bonds. The van der Waals surface area contributed by atoms with E-state index >= 15 is 0 Å². The predicted octanol–water partition coefficient (Wildman–Crippen LogP) is 5.67. The normalized spacial score (nSPS) is 13.5. The monoisotopic (exact) mass is 480 g/mol. The molecule has 186 valence electrons. The number of carbonyl (C=O) groups excluding carboxylic acids is 3. The van der Waals surface area contributed by atoms with Crippen LogP contribution in [0, 0.1) is 0 Å². The van der Waals surface area contributed by atoms with Crippen molar-refractivity contribution in [3.63, 3.8) is 0 Å². The summed E-state index contributed by atoms with van der Waals surface area (Å²) >= 11 is 0. The van der Waals surface area contributed by atoms with Gasteiger partial charge in [0.05, 0.1) is 24.3 Å². The van der Waals surface area contributed by atoms with Gasteiger partial charge in [-0.15, -0.1) is 0 Å². The highest BCUT2D eigenvalue weighted by Gasteiger charge is 2.19. The van der Waals surface area contributed by atoms with Gasteiger partial charge in [0.2, 0.25) is 0 Å². The van der Waals surface area contributed by atoms with Crippen LogP contribution >= 0.6 is 0 Å². The van der Waals surface area contributed by atoms with E-state index in [-0.39, 0.29) is 12.1 Å². The predicted molar refractivity (Wildman–Crippen MR) is 131 cm³/mol. The van der Waals surface area contributed by atoms with Gasteiger partial charge in [0, 0.05) is 6.08 Å². The molecule has 2 aromatic carbocycles. The number of unbranched alkanes of at least 4 members (excludes halogenated alkanes) is 2. The topological polar surface area (TPSA) is 88.1 Å². The Bertz CT molecular complexity index is 973. The van der Waals surface area contributed by atoms with Crippen molar-refractivity contribution in [1.82, 2.24) is 0 Å². The largest absolute Gasteiger partial charge is 0.494 e. The molecule has 7 heteroatoms. The summed E-state index contributed by atoms with van der Waals surface area (Å²) in [4.78, 5) is 35.7. The average molecular weight is 481 g/mol. The molecule has 0 radical (unpaired) electrons. The third-order valence-corrected chi connectivity index (χ3v) is 5.68. The van der Waals surface area contributed by atoms with Crippen molar-refractivity contribution in [2.24, 2.45) is 0 Å². The molecule has 0 aromatic heterocycles. The molecule has 1 saturated carbocycles. The second kappa shape index (κ2) is 13.9. The van der Waals surface area contributed by atoms with Crippen molar-refractivity contribution in [1.29, 1.82) is 0 Å². The second-order valence-corrected chi connectivity index (χ2v) is 8.38. The SMILES string of the molecule is C=CC(=O)OCCCCCOc1ccc(C(=O)Oc2ccc(C(=O)OC3CCCCC3)cc2)cc1. The average Bonchev–Trinajstić information content (AvgIpc) is 2.89. The summed E-state index contributed by atoms with van der Waals surface area (Å²) in [5.74, 6) is -0.250. The Morgan fingerprint density at radius 2 is 1.37 bits per heavy atom. The Morgan fingerprint density at radius 3 is 2.03 bits per heavy atom. The molecular weight excluding hydrogens is 448 g/mol. The van der Waals surface area contributed by atoms with Crippen LogP contribution in [0.1, 0.15) is 72.1 Å². The first-order valence-electron chi connectivity index (χ1n) is 12.1. The molecule has 1 fully saturated rings. The van der Waals surface area contributed by atoms with E-state index in [0.717, 1.165) is 51.0 Å². The van der Waals surface area contributed by atoms with E-state index in [1.54, 1.807) is 48.5 Å². The quantitative estimate of drug-likeness (QED) is 0.167. The number of carbonyl (C=O) groups is 3. The molecule has 0 N–H and O–H groups in total. The summed E-state index contributed by atoms with van der Waals surface area (Å²) in [7, 11) is 0. The van der Waals surface area contributed by atoms with Crippen molar-refractivity contribution in [2.75, 3.05) is 13.2 Å². The first-order valence-corrected chi connectivity index (χ1v) is 12.1. The van der Waals surface area contributed by atoms with Gasteiger partial charge in [-0.1, -0.05) is 13.0 Å². The number of ether oxygens (including phenoxy) is 4. The van der Waals surface area contributed by atoms with Crippen LogP contribution in [-0.2, 0) is 14.3 Å². The summed E-state index contributed by atoms with van der Waals surface area (Å²) in [5, 5.41) is 0. The Hall–Kier alpha value is -3.61.